The van der Waals surface area contributed by atoms with E-state index in [1.54, 1.807) is 0 Å². The SMILES string of the molecule is O=C(NCCc1cccc(Cl)c1)NC1CCN(C2CC2)CC1. The van der Waals surface area contributed by atoms with Crippen molar-refractivity contribution in [2.45, 2.75) is 44.2 Å². The van der Waals surface area contributed by atoms with Gasteiger partial charge in [0.05, 0.1) is 0 Å². The minimum absolute atomic E-state index is 0.0492. The van der Waals surface area contributed by atoms with Crippen molar-refractivity contribution in [3.8, 4) is 0 Å². The number of urea groups is 1. The zero-order valence-corrected chi connectivity index (χ0v) is 13.6. The molecule has 0 radical (unpaired) electrons. The second-order valence-electron chi connectivity index (χ2n) is 6.32. The molecule has 22 heavy (non-hydrogen) atoms. The number of amides is 2. The van der Waals surface area contributed by atoms with Crippen molar-refractivity contribution in [2.75, 3.05) is 19.6 Å². The first kappa shape index (κ1) is 15.6. The highest BCUT2D eigenvalue weighted by atomic mass is 35.5. The third-order valence-corrected chi connectivity index (χ3v) is 4.75. The van der Waals surface area contributed by atoms with Gasteiger partial charge in [-0.05, 0) is 49.8 Å². The van der Waals surface area contributed by atoms with E-state index in [0.29, 0.717) is 12.6 Å². The fraction of sp³-hybridized carbons (Fsp3) is 0.588. The highest BCUT2D eigenvalue weighted by Gasteiger charge is 2.31. The Kier molecular flexibility index (Phi) is 5.21. The Balaban J connectivity index is 1.32. The maximum Gasteiger partial charge on any atom is 0.315 e. The predicted molar refractivity (Wildman–Crippen MR) is 89.3 cm³/mol. The number of nitrogens with zero attached hydrogens (tertiary/aromatic N) is 1. The molecule has 5 heteroatoms. The van der Waals surface area contributed by atoms with E-state index < -0.39 is 0 Å². The highest BCUT2D eigenvalue weighted by molar-refractivity contribution is 6.30. The van der Waals surface area contributed by atoms with Crippen LogP contribution < -0.4 is 10.6 Å². The number of rotatable bonds is 5. The van der Waals surface area contributed by atoms with Crippen LogP contribution in [0.5, 0.6) is 0 Å². The Morgan fingerprint density at radius 3 is 2.68 bits per heavy atom. The van der Waals surface area contributed by atoms with Gasteiger partial charge < -0.3 is 15.5 Å². The van der Waals surface area contributed by atoms with E-state index >= 15 is 0 Å². The van der Waals surface area contributed by atoms with Gasteiger partial charge in [0, 0.05) is 36.7 Å². The lowest BCUT2D eigenvalue weighted by molar-refractivity contribution is 0.186. The predicted octanol–water partition coefficient (Wildman–Crippen LogP) is 2.81. The number of nitrogens with one attached hydrogen (secondary N) is 2. The first-order valence-electron chi connectivity index (χ1n) is 8.23. The van der Waals surface area contributed by atoms with Gasteiger partial charge >= 0.3 is 6.03 Å². The van der Waals surface area contributed by atoms with Crippen molar-refractivity contribution in [2.24, 2.45) is 0 Å². The number of carbonyl (C=O) groups is 1. The Morgan fingerprint density at radius 1 is 1.23 bits per heavy atom. The van der Waals surface area contributed by atoms with E-state index in [-0.39, 0.29) is 6.03 Å². The monoisotopic (exact) mass is 321 g/mol. The summed E-state index contributed by atoms with van der Waals surface area (Å²) in [6.45, 7) is 2.88. The zero-order chi connectivity index (χ0) is 15.4. The van der Waals surface area contributed by atoms with E-state index in [0.717, 1.165) is 49.0 Å². The van der Waals surface area contributed by atoms with Crippen LogP contribution >= 0.6 is 11.6 Å². The van der Waals surface area contributed by atoms with Crippen molar-refractivity contribution in [1.29, 1.82) is 0 Å². The lowest BCUT2D eigenvalue weighted by Crippen LogP contribution is -2.48. The van der Waals surface area contributed by atoms with Crippen LogP contribution in [0.15, 0.2) is 24.3 Å². The second kappa shape index (κ2) is 7.34. The van der Waals surface area contributed by atoms with Crippen LogP contribution in [-0.4, -0.2) is 42.6 Å². The van der Waals surface area contributed by atoms with Crippen molar-refractivity contribution in [3.63, 3.8) is 0 Å². The molecule has 0 atom stereocenters. The van der Waals surface area contributed by atoms with Crippen LogP contribution in [0.1, 0.15) is 31.2 Å². The molecule has 0 unspecified atom stereocenters. The molecule has 3 rings (SSSR count). The third-order valence-electron chi connectivity index (χ3n) is 4.52. The zero-order valence-electron chi connectivity index (χ0n) is 12.9. The van der Waals surface area contributed by atoms with Crippen molar-refractivity contribution >= 4 is 17.6 Å². The molecular formula is C17H24ClN3O. The Bertz CT molecular complexity index is 510. The lowest BCUT2D eigenvalue weighted by Gasteiger charge is -2.32. The van der Waals surface area contributed by atoms with E-state index in [1.165, 1.54) is 12.8 Å². The van der Waals surface area contributed by atoms with Crippen molar-refractivity contribution < 1.29 is 4.79 Å². The molecule has 2 aliphatic rings. The van der Waals surface area contributed by atoms with Gasteiger partial charge in [-0.2, -0.15) is 0 Å². The molecule has 1 saturated heterocycles. The number of carbonyl (C=O) groups excluding carboxylic acids is 1. The molecule has 2 N–H and O–H groups in total. The first-order chi connectivity index (χ1) is 10.7. The van der Waals surface area contributed by atoms with Crippen LogP contribution in [0.25, 0.3) is 0 Å². The molecule has 1 saturated carbocycles. The topological polar surface area (TPSA) is 44.4 Å². The third kappa shape index (κ3) is 4.62. The number of hydrogen-bond donors (Lipinski definition) is 2. The lowest BCUT2D eigenvalue weighted by atomic mass is 10.1. The molecule has 2 amide bonds. The van der Waals surface area contributed by atoms with Gasteiger partial charge in [-0.1, -0.05) is 23.7 Å². The van der Waals surface area contributed by atoms with Gasteiger partial charge in [-0.3, -0.25) is 0 Å². The van der Waals surface area contributed by atoms with Crippen LogP contribution in [0.3, 0.4) is 0 Å². The van der Waals surface area contributed by atoms with Gasteiger partial charge in [0.15, 0.2) is 0 Å². The van der Waals surface area contributed by atoms with E-state index in [4.69, 9.17) is 11.6 Å². The smallest absolute Gasteiger partial charge is 0.315 e. The summed E-state index contributed by atoms with van der Waals surface area (Å²) in [7, 11) is 0. The number of likely N-dealkylation sites (tertiary alicyclic amines) is 1. The summed E-state index contributed by atoms with van der Waals surface area (Å²) in [6, 6.07) is 8.87. The van der Waals surface area contributed by atoms with Gasteiger partial charge in [-0.15, -0.1) is 0 Å². The molecule has 1 aromatic carbocycles. The molecule has 0 bridgehead atoms. The number of benzene rings is 1. The van der Waals surface area contributed by atoms with E-state index in [2.05, 4.69) is 15.5 Å². The highest BCUT2D eigenvalue weighted by Crippen LogP contribution is 2.29. The van der Waals surface area contributed by atoms with Crippen molar-refractivity contribution in [1.82, 2.24) is 15.5 Å². The Labute approximate surface area is 137 Å². The average molecular weight is 322 g/mol. The van der Waals surface area contributed by atoms with Crippen LogP contribution in [0.2, 0.25) is 5.02 Å². The molecule has 4 nitrogen and oxygen atoms in total. The number of halogens is 1. The molecule has 1 aromatic rings. The molecule has 1 aliphatic carbocycles. The Morgan fingerprint density at radius 2 is 2.00 bits per heavy atom. The minimum atomic E-state index is -0.0492. The quantitative estimate of drug-likeness (QED) is 0.876. The summed E-state index contributed by atoms with van der Waals surface area (Å²) >= 11 is 5.95. The first-order valence-corrected chi connectivity index (χ1v) is 8.61. The van der Waals surface area contributed by atoms with Gasteiger partial charge in [-0.25, -0.2) is 4.79 Å². The van der Waals surface area contributed by atoms with Crippen molar-refractivity contribution in [3.05, 3.63) is 34.9 Å². The van der Waals surface area contributed by atoms with Gasteiger partial charge in [0.1, 0.15) is 0 Å². The molecule has 0 aromatic heterocycles. The van der Waals surface area contributed by atoms with E-state index in [1.807, 2.05) is 24.3 Å². The Hall–Kier alpha value is -1.26. The maximum absolute atomic E-state index is 11.9. The molecule has 1 heterocycles. The van der Waals surface area contributed by atoms with Crippen LogP contribution in [0.4, 0.5) is 4.79 Å². The minimum Gasteiger partial charge on any atom is -0.338 e. The summed E-state index contributed by atoms with van der Waals surface area (Å²) in [4.78, 5) is 14.5. The molecule has 1 aliphatic heterocycles. The van der Waals surface area contributed by atoms with E-state index in [9.17, 15) is 4.79 Å². The van der Waals surface area contributed by atoms with Crippen LogP contribution in [0, 0.1) is 0 Å². The standard InChI is InChI=1S/C17H24ClN3O/c18-14-3-1-2-13(12-14)6-9-19-17(22)20-15-7-10-21(11-8-15)16-4-5-16/h1-3,12,15-16H,4-11H2,(H2,19,20,22). The second-order valence-corrected chi connectivity index (χ2v) is 6.76. The summed E-state index contributed by atoms with van der Waals surface area (Å²) < 4.78 is 0. The summed E-state index contributed by atoms with van der Waals surface area (Å²) in [5.74, 6) is 0. The number of piperidine rings is 1. The molecule has 0 spiro atoms. The molecular weight excluding hydrogens is 298 g/mol. The summed E-state index contributed by atoms with van der Waals surface area (Å²) in [6.07, 6.45) is 5.66. The largest absolute Gasteiger partial charge is 0.338 e. The number of hydrogen-bond acceptors (Lipinski definition) is 2. The molecule has 2 fully saturated rings. The van der Waals surface area contributed by atoms with Gasteiger partial charge in [0.25, 0.3) is 0 Å². The average Bonchev–Trinajstić information content (AvgIpc) is 3.33. The fourth-order valence-electron chi connectivity index (χ4n) is 3.10. The summed E-state index contributed by atoms with van der Waals surface area (Å²) in [5, 5.41) is 6.77. The van der Waals surface area contributed by atoms with Gasteiger partial charge in [0.2, 0.25) is 0 Å². The fourth-order valence-corrected chi connectivity index (χ4v) is 3.31. The normalized spacial score (nSPS) is 19.9. The summed E-state index contributed by atoms with van der Waals surface area (Å²) in [5.41, 5.74) is 1.14. The molecule has 120 valence electrons. The van der Waals surface area contributed by atoms with Crippen LogP contribution in [-0.2, 0) is 6.42 Å². The maximum atomic E-state index is 11.9.